The van der Waals surface area contributed by atoms with E-state index in [0.29, 0.717) is 5.92 Å². The first-order chi connectivity index (χ1) is 12.2. The highest BCUT2D eigenvalue weighted by Crippen LogP contribution is 2.35. The third-order valence-electron chi connectivity index (χ3n) is 5.29. The molecule has 3 atom stereocenters. The number of nitrogens with zero attached hydrogens (tertiary/aromatic N) is 1. The van der Waals surface area contributed by atoms with Crippen molar-refractivity contribution in [2.24, 2.45) is 17.6 Å². The molecule has 1 aliphatic carbocycles. The molecule has 0 saturated heterocycles. The molecule has 25 heavy (non-hydrogen) atoms. The average molecular weight is 333 g/mol. The van der Waals surface area contributed by atoms with Gasteiger partial charge in [-0.05, 0) is 42.5 Å². The van der Waals surface area contributed by atoms with Gasteiger partial charge in [0.05, 0.1) is 11.6 Å². The predicted octanol–water partition coefficient (Wildman–Crippen LogP) is 4.06. The second kappa shape index (κ2) is 6.81. The minimum Gasteiger partial charge on any atom is -0.325 e. The van der Waals surface area contributed by atoms with Crippen molar-refractivity contribution in [2.75, 3.05) is 5.32 Å². The molecule has 1 amide bonds. The molecule has 1 aliphatic heterocycles. The number of hydrogen-bond donors (Lipinski definition) is 2. The minimum atomic E-state index is -0.0441. The van der Waals surface area contributed by atoms with Gasteiger partial charge in [0.15, 0.2) is 0 Å². The van der Waals surface area contributed by atoms with Crippen molar-refractivity contribution < 1.29 is 4.79 Å². The third kappa shape index (κ3) is 3.22. The van der Waals surface area contributed by atoms with Gasteiger partial charge in [0.1, 0.15) is 0 Å². The van der Waals surface area contributed by atoms with Gasteiger partial charge in [-0.1, -0.05) is 43.2 Å². The van der Waals surface area contributed by atoms with Gasteiger partial charge in [-0.2, -0.15) is 0 Å². The van der Waals surface area contributed by atoms with E-state index in [-0.39, 0.29) is 17.9 Å². The number of allylic oxidation sites excluding steroid dienone is 1. The standard InChI is InChI=1S/C21H23N3O/c22-18-7-3-1-5-14-9-10-17(14)21(25)24-19-8-4-2-6-16(19)15-11-12-23-20(18)13-15/h2,4,6,8-14,17-18H,1,3,5,7,22H2,(H,24,25)/t14?,17?,18-/m0/s1. The molecule has 0 radical (unpaired) electrons. The molecule has 4 nitrogen and oxygen atoms in total. The quantitative estimate of drug-likeness (QED) is 0.714. The number of carbonyl (C=O) groups excluding carboxylic acids is 1. The van der Waals surface area contributed by atoms with Gasteiger partial charge >= 0.3 is 0 Å². The highest BCUT2D eigenvalue weighted by Gasteiger charge is 2.30. The second-order valence-corrected chi connectivity index (χ2v) is 6.97. The number of pyridine rings is 1. The van der Waals surface area contributed by atoms with E-state index in [2.05, 4.69) is 16.4 Å². The molecule has 0 spiro atoms. The van der Waals surface area contributed by atoms with Crippen molar-refractivity contribution in [1.82, 2.24) is 4.98 Å². The van der Waals surface area contributed by atoms with E-state index >= 15 is 0 Å². The van der Waals surface area contributed by atoms with Gasteiger partial charge < -0.3 is 11.1 Å². The summed E-state index contributed by atoms with van der Waals surface area (Å²) in [6.45, 7) is 0. The van der Waals surface area contributed by atoms with Crippen LogP contribution in [0.3, 0.4) is 0 Å². The molecule has 2 aromatic rings. The predicted molar refractivity (Wildman–Crippen MR) is 99.8 cm³/mol. The molecule has 1 aromatic heterocycles. The van der Waals surface area contributed by atoms with E-state index in [1.807, 2.05) is 42.5 Å². The van der Waals surface area contributed by atoms with Gasteiger partial charge in [-0.25, -0.2) is 0 Å². The largest absolute Gasteiger partial charge is 0.325 e. The number of rotatable bonds is 0. The number of anilines is 1. The summed E-state index contributed by atoms with van der Waals surface area (Å²) in [5.41, 5.74) is 10.2. The zero-order chi connectivity index (χ0) is 17.2. The highest BCUT2D eigenvalue weighted by atomic mass is 16.1. The summed E-state index contributed by atoms with van der Waals surface area (Å²) in [6.07, 6.45) is 10.1. The van der Waals surface area contributed by atoms with Crippen LogP contribution in [0.25, 0.3) is 11.1 Å². The number of nitrogens with one attached hydrogen (secondary N) is 1. The summed E-state index contributed by atoms with van der Waals surface area (Å²) >= 11 is 0. The van der Waals surface area contributed by atoms with Crippen LogP contribution in [0.15, 0.2) is 54.7 Å². The van der Waals surface area contributed by atoms with Crippen molar-refractivity contribution >= 4 is 11.6 Å². The summed E-state index contributed by atoms with van der Waals surface area (Å²) in [5.74, 6) is 0.419. The van der Waals surface area contributed by atoms with E-state index in [1.165, 1.54) is 0 Å². The van der Waals surface area contributed by atoms with Crippen LogP contribution < -0.4 is 11.1 Å². The topological polar surface area (TPSA) is 68.0 Å². The van der Waals surface area contributed by atoms with Crippen LogP contribution in [-0.2, 0) is 4.79 Å². The van der Waals surface area contributed by atoms with Gasteiger partial charge in [-0.3, -0.25) is 9.78 Å². The Morgan fingerprint density at radius 3 is 2.76 bits per heavy atom. The lowest BCUT2D eigenvalue weighted by Gasteiger charge is -2.29. The van der Waals surface area contributed by atoms with E-state index in [0.717, 1.165) is 48.2 Å². The fourth-order valence-electron chi connectivity index (χ4n) is 3.71. The summed E-state index contributed by atoms with van der Waals surface area (Å²) in [5, 5.41) is 3.12. The molecular formula is C21H23N3O. The van der Waals surface area contributed by atoms with Crippen molar-refractivity contribution in [2.45, 2.75) is 31.7 Å². The zero-order valence-corrected chi connectivity index (χ0v) is 14.2. The zero-order valence-electron chi connectivity index (χ0n) is 14.2. The fourth-order valence-corrected chi connectivity index (χ4v) is 3.71. The van der Waals surface area contributed by atoms with Gasteiger partial charge in [-0.15, -0.1) is 0 Å². The van der Waals surface area contributed by atoms with Crippen LogP contribution >= 0.6 is 0 Å². The Balaban J connectivity index is 1.74. The maximum atomic E-state index is 12.7. The first-order valence-corrected chi connectivity index (χ1v) is 9.02. The number of benzene rings is 1. The fraction of sp³-hybridized carbons (Fsp3) is 0.333. The first kappa shape index (κ1) is 16.0. The maximum Gasteiger partial charge on any atom is 0.231 e. The Bertz CT molecular complexity index is 814. The molecule has 3 N–H and O–H groups in total. The SMILES string of the molecule is N[C@H]1CCCCC2C=CC2C(=O)Nc2ccccc2-c2ccnc1c2. The van der Waals surface area contributed by atoms with Crippen LogP contribution in [-0.4, -0.2) is 10.9 Å². The summed E-state index contributed by atoms with van der Waals surface area (Å²) < 4.78 is 0. The second-order valence-electron chi connectivity index (χ2n) is 6.97. The van der Waals surface area contributed by atoms with Crippen molar-refractivity contribution in [3.63, 3.8) is 0 Å². The van der Waals surface area contributed by atoms with E-state index in [1.54, 1.807) is 6.20 Å². The number of para-hydroxylation sites is 1. The molecule has 128 valence electrons. The number of amides is 1. The minimum absolute atomic E-state index is 0.0160. The lowest BCUT2D eigenvalue weighted by Crippen LogP contribution is -2.32. The van der Waals surface area contributed by atoms with E-state index < -0.39 is 0 Å². The summed E-state index contributed by atoms with van der Waals surface area (Å²) in [4.78, 5) is 17.2. The van der Waals surface area contributed by atoms with E-state index in [4.69, 9.17) is 5.73 Å². The molecule has 2 unspecified atom stereocenters. The van der Waals surface area contributed by atoms with E-state index in [9.17, 15) is 4.79 Å². The molecule has 4 rings (SSSR count). The van der Waals surface area contributed by atoms with Crippen LogP contribution in [0, 0.1) is 11.8 Å². The van der Waals surface area contributed by atoms with Crippen LogP contribution in [0.5, 0.6) is 0 Å². The Morgan fingerprint density at radius 2 is 1.92 bits per heavy atom. The molecule has 2 heterocycles. The number of aromatic nitrogens is 1. The molecule has 1 aromatic carbocycles. The summed E-state index contributed by atoms with van der Waals surface area (Å²) in [7, 11) is 0. The average Bonchev–Trinajstić information content (AvgIpc) is 2.60. The van der Waals surface area contributed by atoms with Crippen LogP contribution in [0.4, 0.5) is 5.69 Å². The first-order valence-electron chi connectivity index (χ1n) is 9.02. The van der Waals surface area contributed by atoms with Gasteiger partial charge in [0, 0.05) is 23.5 Å². The third-order valence-corrected chi connectivity index (χ3v) is 5.29. The van der Waals surface area contributed by atoms with Gasteiger partial charge in [0.2, 0.25) is 5.91 Å². The molecular weight excluding hydrogens is 310 g/mol. The van der Waals surface area contributed by atoms with Crippen LogP contribution in [0.1, 0.15) is 37.4 Å². The molecule has 0 saturated carbocycles. The molecule has 2 aliphatic rings. The summed E-state index contributed by atoms with van der Waals surface area (Å²) in [6, 6.07) is 11.9. The number of nitrogens with two attached hydrogens (primary N) is 1. The lowest BCUT2D eigenvalue weighted by molar-refractivity contribution is -0.120. The number of carbonyl (C=O) groups is 1. The Labute approximate surface area is 148 Å². The lowest BCUT2D eigenvalue weighted by atomic mass is 9.78. The maximum absolute atomic E-state index is 12.7. The molecule has 4 heteroatoms. The van der Waals surface area contributed by atoms with Crippen molar-refractivity contribution in [1.29, 1.82) is 0 Å². The Morgan fingerprint density at radius 1 is 1.08 bits per heavy atom. The smallest absolute Gasteiger partial charge is 0.231 e. The monoisotopic (exact) mass is 333 g/mol. The normalized spacial score (nSPS) is 25.8. The highest BCUT2D eigenvalue weighted by molar-refractivity contribution is 5.98. The number of fused-ring (bicyclic) bond motifs is 5. The number of hydrogen-bond acceptors (Lipinski definition) is 3. The Kier molecular flexibility index (Phi) is 4.36. The molecule has 2 bridgehead atoms. The van der Waals surface area contributed by atoms with Crippen molar-refractivity contribution in [3.8, 4) is 11.1 Å². The Hall–Kier alpha value is -2.46. The van der Waals surface area contributed by atoms with Crippen molar-refractivity contribution in [3.05, 3.63) is 60.4 Å². The van der Waals surface area contributed by atoms with Gasteiger partial charge in [0.25, 0.3) is 0 Å². The van der Waals surface area contributed by atoms with Crippen LogP contribution in [0.2, 0.25) is 0 Å². The molecule has 0 fully saturated rings.